The van der Waals surface area contributed by atoms with Crippen molar-refractivity contribution in [3.05, 3.63) is 42.1 Å². The maximum atomic E-state index is 4.90. The average Bonchev–Trinajstić information content (AvgIpc) is 2.54. The smallest absolute Gasteiger partial charge is 0.0499 e. The first-order chi connectivity index (χ1) is 11.8. The minimum atomic E-state index is 0.0525. The van der Waals surface area contributed by atoms with Gasteiger partial charge >= 0.3 is 0 Å². The number of rotatable bonds is 6. The summed E-state index contributed by atoms with van der Waals surface area (Å²) in [6, 6.07) is 11.1. The van der Waals surface area contributed by atoms with Crippen molar-refractivity contribution >= 4 is 11.8 Å². The second-order valence-electron chi connectivity index (χ2n) is 9.30. The van der Waals surface area contributed by atoms with Gasteiger partial charge in [0, 0.05) is 29.6 Å². The van der Waals surface area contributed by atoms with Crippen LogP contribution in [0.4, 0.5) is 0 Å². The topological polar surface area (TPSA) is 24.4 Å². The maximum absolute atomic E-state index is 4.90. The zero-order valence-corrected chi connectivity index (χ0v) is 16.8. The molecule has 2 rings (SSSR count). The summed E-state index contributed by atoms with van der Waals surface area (Å²) in [5, 5.41) is 3.65. The van der Waals surface area contributed by atoms with Gasteiger partial charge in [-0.2, -0.15) is 0 Å². The molecule has 0 bridgehead atoms. The van der Waals surface area contributed by atoms with E-state index in [1.165, 1.54) is 43.2 Å². The summed E-state index contributed by atoms with van der Waals surface area (Å²) in [5.74, 6) is 0. The number of hydrogen-bond donors (Lipinski definition) is 1. The molecule has 25 heavy (non-hydrogen) atoms. The third-order valence-corrected chi connectivity index (χ3v) is 4.70. The van der Waals surface area contributed by atoms with Gasteiger partial charge in [0.25, 0.3) is 0 Å². The van der Waals surface area contributed by atoms with Crippen LogP contribution >= 0.6 is 0 Å². The summed E-state index contributed by atoms with van der Waals surface area (Å²) in [6.07, 6.45) is 11.8. The first-order valence-corrected chi connectivity index (χ1v) is 9.82. The molecular formula is C23H36N2. The Balaban J connectivity index is 2.15. The molecule has 2 heteroatoms. The van der Waals surface area contributed by atoms with Gasteiger partial charge in [-0.1, -0.05) is 70.4 Å². The molecule has 0 heterocycles. The molecule has 0 aliphatic heterocycles. The predicted octanol–water partition coefficient (Wildman–Crippen LogP) is 6.24. The van der Waals surface area contributed by atoms with E-state index in [0.29, 0.717) is 11.5 Å². The van der Waals surface area contributed by atoms with Crippen LogP contribution in [-0.4, -0.2) is 17.8 Å². The minimum Gasteiger partial charge on any atom is -0.385 e. The summed E-state index contributed by atoms with van der Waals surface area (Å²) in [7, 11) is 0. The molecule has 0 amide bonds. The molecule has 1 aliphatic carbocycles. The summed E-state index contributed by atoms with van der Waals surface area (Å²) >= 11 is 0. The third-order valence-electron chi connectivity index (χ3n) is 4.70. The zero-order chi connectivity index (χ0) is 18.3. The summed E-state index contributed by atoms with van der Waals surface area (Å²) in [6.45, 7) is 11.4. The van der Waals surface area contributed by atoms with Crippen LogP contribution in [0.2, 0.25) is 0 Å². The van der Waals surface area contributed by atoms with Crippen molar-refractivity contribution in [2.45, 2.75) is 84.7 Å². The molecule has 1 saturated carbocycles. The molecule has 0 aromatic heterocycles. The summed E-state index contributed by atoms with van der Waals surface area (Å²) in [4.78, 5) is 4.90. The van der Waals surface area contributed by atoms with E-state index in [1.807, 2.05) is 0 Å². The Morgan fingerprint density at radius 3 is 2.28 bits per heavy atom. The number of nitrogens with zero attached hydrogens (tertiary/aromatic N) is 1. The highest BCUT2D eigenvalue weighted by Crippen LogP contribution is 2.27. The highest BCUT2D eigenvalue weighted by atomic mass is 14.9. The number of nitrogens with one attached hydrogen (secondary N) is 1. The number of allylic oxidation sites excluding steroid dienone is 1. The third kappa shape index (κ3) is 7.46. The first kappa shape index (κ1) is 19.8. The number of aliphatic imine (C=N–C) groups is 1. The van der Waals surface area contributed by atoms with Crippen molar-refractivity contribution in [2.24, 2.45) is 10.4 Å². The molecule has 2 nitrogen and oxygen atoms in total. The van der Waals surface area contributed by atoms with Gasteiger partial charge < -0.3 is 5.32 Å². The second kappa shape index (κ2) is 8.69. The van der Waals surface area contributed by atoms with E-state index in [9.17, 15) is 0 Å². The summed E-state index contributed by atoms with van der Waals surface area (Å²) in [5.41, 5.74) is 2.75. The van der Waals surface area contributed by atoms with E-state index >= 15 is 0 Å². The van der Waals surface area contributed by atoms with Crippen LogP contribution < -0.4 is 5.32 Å². The van der Waals surface area contributed by atoms with Crippen molar-refractivity contribution in [2.75, 3.05) is 0 Å². The highest BCUT2D eigenvalue weighted by Gasteiger charge is 2.24. The van der Waals surface area contributed by atoms with E-state index in [-0.39, 0.29) is 5.54 Å². The molecule has 0 saturated heterocycles. The lowest BCUT2D eigenvalue weighted by atomic mass is 9.82. The van der Waals surface area contributed by atoms with Gasteiger partial charge in [0.2, 0.25) is 0 Å². The molecule has 1 aromatic rings. The summed E-state index contributed by atoms with van der Waals surface area (Å²) < 4.78 is 0. The van der Waals surface area contributed by atoms with Crippen LogP contribution in [-0.2, 0) is 0 Å². The van der Waals surface area contributed by atoms with Gasteiger partial charge in [0.15, 0.2) is 0 Å². The van der Waals surface area contributed by atoms with Gasteiger partial charge in [0.05, 0.1) is 0 Å². The normalized spacial score (nSPS) is 17.9. The van der Waals surface area contributed by atoms with Crippen LogP contribution in [0.25, 0.3) is 5.57 Å². The molecule has 0 unspecified atom stereocenters. The van der Waals surface area contributed by atoms with Crippen molar-refractivity contribution in [3.8, 4) is 0 Å². The van der Waals surface area contributed by atoms with E-state index in [4.69, 9.17) is 4.99 Å². The van der Waals surface area contributed by atoms with Gasteiger partial charge in [-0.3, -0.25) is 4.99 Å². The molecule has 1 N–H and O–H groups in total. The molecule has 0 atom stereocenters. The van der Waals surface area contributed by atoms with Gasteiger partial charge in [0.1, 0.15) is 0 Å². The van der Waals surface area contributed by atoms with Gasteiger partial charge in [-0.25, -0.2) is 0 Å². The van der Waals surface area contributed by atoms with Crippen molar-refractivity contribution in [1.29, 1.82) is 0 Å². The zero-order valence-electron chi connectivity index (χ0n) is 16.8. The van der Waals surface area contributed by atoms with Gasteiger partial charge in [-0.05, 0) is 44.1 Å². The number of benzene rings is 1. The first-order valence-electron chi connectivity index (χ1n) is 9.82. The fourth-order valence-corrected chi connectivity index (χ4v) is 3.89. The quantitative estimate of drug-likeness (QED) is 0.609. The maximum Gasteiger partial charge on any atom is 0.0499 e. The predicted molar refractivity (Wildman–Crippen MR) is 111 cm³/mol. The monoisotopic (exact) mass is 340 g/mol. The lowest BCUT2D eigenvalue weighted by molar-refractivity contribution is 0.261. The number of hydrogen-bond acceptors (Lipinski definition) is 2. The van der Waals surface area contributed by atoms with E-state index in [2.05, 4.69) is 82.7 Å². The Morgan fingerprint density at radius 1 is 1.04 bits per heavy atom. The van der Waals surface area contributed by atoms with E-state index < -0.39 is 0 Å². The van der Waals surface area contributed by atoms with E-state index in [1.54, 1.807) is 0 Å². The van der Waals surface area contributed by atoms with Gasteiger partial charge in [-0.15, -0.1) is 0 Å². The van der Waals surface area contributed by atoms with Crippen LogP contribution in [0.1, 0.15) is 78.7 Å². The fourth-order valence-electron chi connectivity index (χ4n) is 3.89. The Bertz CT molecular complexity index is 570. The fraction of sp³-hybridized carbons (Fsp3) is 0.609. The van der Waals surface area contributed by atoms with Crippen LogP contribution in [0.5, 0.6) is 0 Å². The Kier molecular flexibility index (Phi) is 6.87. The minimum absolute atomic E-state index is 0.0525. The second-order valence-corrected chi connectivity index (χ2v) is 9.30. The lowest BCUT2D eigenvalue weighted by Crippen LogP contribution is -2.39. The Hall–Kier alpha value is -1.57. The molecule has 0 spiro atoms. The average molecular weight is 341 g/mol. The lowest BCUT2D eigenvalue weighted by Gasteiger charge is -2.33. The van der Waals surface area contributed by atoms with Crippen LogP contribution in [0.3, 0.4) is 0 Å². The van der Waals surface area contributed by atoms with E-state index in [0.717, 1.165) is 6.42 Å². The van der Waals surface area contributed by atoms with Crippen LogP contribution in [0.15, 0.2) is 41.5 Å². The Labute approximate surface area is 154 Å². The Morgan fingerprint density at radius 2 is 1.68 bits per heavy atom. The SMILES string of the molecule is CC(C)(C)CC(C)(C)N/C=C(/C=NC1CCCCC1)c1ccccc1. The standard InChI is InChI=1S/C23H36N2/c1-22(2,3)18-23(4,5)25-17-20(19-12-8-6-9-13-19)16-24-21-14-10-7-11-15-21/h6,8-9,12-13,16-17,21,25H,7,10-11,14-15,18H2,1-5H3/b20-17-,24-16?. The van der Waals surface area contributed by atoms with Crippen molar-refractivity contribution < 1.29 is 0 Å². The van der Waals surface area contributed by atoms with Crippen molar-refractivity contribution in [3.63, 3.8) is 0 Å². The largest absolute Gasteiger partial charge is 0.385 e. The van der Waals surface area contributed by atoms with Crippen LogP contribution in [0, 0.1) is 5.41 Å². The van der Waals surface area contributed by atoms with Crippen molar-refractivity contribution in [1.82, 2.24) is 5.32 Å². The highest BCUT2D eigenvalue weighted by molar-refractivity contribution is 6.09. The molecule has 1 fully saturated rings. The molecule has 1 aliphatic rings. The molecule has 138 valence electrons. The molecular weight excluding hydrogens is 304 g/mol. The molecule has 0 radical (unpaired) electrons. The molecule has 1 aromatic carbocycles.